The molecule has 0 aromatic heterocycles. The maximum absolute atomic E-state index is 12.5. The zero-order valence-corrected chi connectivity index (χ0v) is 13.7. The molecule has 7 heteroatoms. The number of nitrogens with zero attached hydrogens (tertiary/aromatic N) is 2. The number of aliphatic hydroxyl groups is 1. The van der Waals surface area contributed by atoms with E-state index in [4.69, 9.17) is 19.5 Å². The maximum atomic E-state index is 12.5. The van der Waals surface area contributed by atoms with Crippen LogP contribution in [0.3, 0.4) is 0 Å². The van der Waals surface area contributed by atoms with E-state index in [1.54, 1.807) is 34.6 Å². The van der Waals surface area contributed by atoms with E-state index in [-0.39, 0.29) is 13.0 Å². The number of likely N-dealkylation sites (tertiary alicyclic amines) is 1. The average Bonchev–Trinajstić information content (AvgIpc) is 2.79. The maximum Gasteiger partial charge on any atom is 0.411 e. The van der Waals surface area contributed by atoms with Crippen LogP contribution in [-0.4, -0.2) is 58.4 Å². The van der Waals surface area contributed by atoms with Crippen LogP contribution in [-0.2, 0) is 14.2 Å². The van der Waals surface area contributed by atoms with Gasteiger partial charge >= 0.3 is 6.09 Å². The van der Waals surface area contributed by atoms with Crippen LogP contribution in [0.5, 0.6) is 0 Å². The van der Waals surface area contributed by atoms with Gasteiger partial charge in [-0.1, -0.05) is 0 Å². The van der Waals surface area contributed by atoms with Gasteiger partial charge in [-0.25, -0.2) is 4.79 Å². The van der Waals surface area contributed by atoms with E-state index >= 15 is 0 Å². The van der Waals surface area contributed by atoms with Crippen molar-refractivity contribution >= 4 is 6.09 Å². The number of ether oxygens (including phenoxy) is 3. The molecule has 0 aromatic rings. The summed E-state index contributed by atoms with van der Waals surface area (Å²) in [6.07, 6.45) is -1.38. The molecule has 2 rings (SSSR count). The molecule has 22 heavy (non-hydrogen) atoms. The molecule has 2 aliphatic rings. The Kier molecular flexibility index (Phi) is 4.39. The highest BCUT2D eigenvalue weighted by atomic mass is 16.8. The summed E-state index contributed by atoms with van der Waals surface area (Å²) >= 11 is 0. The van der Waals surface area contributed by atoms with Gasteiger partial charge in [0.05, 0.1) is 31.2 Å². The number of carbonyl (C=O) groups excluding carboxylic acids is 1. The Labute approximate surface area is 130 Å². The van der Waals surface area contributed by atoms with Crippen LogP contribution in [0.15, 0.2) is 0 Å². The second-order valence-electron chi connectivity index (χ2n) is 7.13. The van der Waals surface area contributed by atoms with Gasteiger partial charge < -0.3 is 19.3 Å². The van der Waals surface area contributed by atoms with Crippen LogP contribution in [0, 0.1) is 11.3 Å². The van der Waals surface area contributed by atoms with Gasteiger partial charge in [0.25, 0.3) is 0 Å². The SMILES string of the molecule is CC(C)(C)OC(=O)N1[C@H](CO)[C@H]2OC(C)(C)O[C@H]2[C@@H]1CC#N. The van der Waals surface area contributed by atoms with Crippen molar-refractivity contribution in [1.29, 1.82) is 5.26 Å². The first kappa shape index (κ1) is 17.0. The Balaban J connectivity index is 2.28. The summed E-state index contributed by atoms with van der Waals surface area (Å²) in [5, 5.41) is 18.8. The van der Waals surface area contributed by atoms with Gasteiger partial charge in [0.15, 0.2) is 5.79 Å². The molecule has 0 aliphatic carbocycles. The molecule has 2 aliphatic heterocycles. The van der Waals surface area contributed by atoms with Crippen LogP contribution in [0.4, 0.5) is 4.79 Å². The topological polar surface area (TPSA) is 92.0 Å². The average molecular weight is 312 g/mol. The van der Waals surface area contributed by atoms with Crippen molar-refractivity contribution in [3.63, 3.8) is 0 Å². The number of carbonyl (C=O) groups is 1. The minimum absolute atomic E-state index is 0.0936. The van der Waals surface area contributed by atoms with Crippen molar-refractivity contribution in [3.8, 4) is 6.07 Å². The second kappa shape index (κ2) is 5.69. The van der Waals surface area contributed by atoms with E-state index in [0.717, 1.165) is 0 Å². The third-order valence-corrected chi connectivity index (χ3v) is 3.73. The summed E-state index contributed by atoms with van der Waals surface area (Å²) < 4.78 is 17.1. The number of fused-ring (bicyclic) bond motifs is 1. The van der Waals surface area contributed by atoms with E-state index < -0.39 is 41.8 Å². The molecule has 4 atom stereocenters. The summed E-state index contributed by atoms with van der Waals surface area (Å²) in [5.41, 5.74) is -0.660. The molecule has 0 unspecified atom stereocenters. The number of hydrogen-bond acceptors (Lipinski definition) is 6. The minimum Gasteiger partial charge on any atom is -0.444 e. The molecule has 7 nitrogen and oxygen atoms in total. The molecule has 2 saturated heterocycles. The predicted octanol–water partition coefficient (Wildman–Crippen LogP) is 1.40. The molecule has 1 N–H and O–H groups in total. The Morgan fingerprint density at radius 3 is 2.32 bits per heavy atom. The van der Waals surface area contributed by atoms with Gasteiger partial charge in [0, 0.05) is 0 Å². The van der Waals surface area contributed by atoms with Crippen molar-refractivity contribution in [2.75, 3.05) is 6.61 Å². The zero-order chi connectivity index (χ0) is 16.7. The Hall–Kier alpha value is -1.36. The van der Waals surface area contributed by atoms with Crippen molar-refractivity contribution in [1.82, 2.24) is 4.90 Å². The summed E-state index contributed by atoms with van der Waals surface area (Å²) in [6.45, 7) is 8.59. The predicted molar refractivity (Wildman–Crippen MR) is 76.8 cm³/mol. The summed E-state index contributed by atoms with van der Waals surface area (Å²) in [7, 11) is 0. The van der Waals surface area contributed by atoms with Gasteiger partial charge in [0.2, 0.25) is 0 Å². The molecule has 0 saturated carbocycles. The van der Waals surface area contributed by atoms with E-state index in [1.807, 2.05) is 0 Å². The van der Waals surface area contributed by atoms with Crippen LogP contribution in [0.1, 0.15) is 41.0 Å². The van der Waals surface area contributed by atoms with Gasteiger partial charge in [-0.2, -0.15) is 5.26 Å². The fourth-order valence-corrected chi connectivity index (χ4v) is 3.06. The third-order valence-electron chi connectivity index (χ3n) is 3.73. The molecular formula is C15H24N2O5. The molecule has 2 heterocycles. The molecule has 0 aromatic carbocycles. The highest BCUT2D eigenvalue weighted by Gasteiger charge is 2.59. The first-order valence-electron chi connectivity index (χ1n) is 7.44. The van der Waals surface area contributed by atoms with Crippen LogP contribution in [0.2, 0.25) is 0 Å². The van der Waals surface area contributed by atoms with Gasteiger partial charge in [0.1, 0.15) is 17.8 Å². The minimum atomic E-state index is -0.795. The molecule has 0 radical (unpaired) electrons. The first-order chi connectivity index (χ1) is 10.1. The highest BCUT2D eigenvalue weighted by Crippen LogP contribution is 2.41. The lowest BCUT2D eigenvalue weighted by Crippen LogP contribution is -2.49. The lowest BCUT2D eigenvalue weighted by Gasteiger charge is -2.34. The standard InChI is InChI=1S/C15H24N2O5/c1-14(2,3)22-13(19)17-9(6-7-16)11-12(10(17)8-18)21-15(4,5)20-11/h9-12,18H,6,8H2,1-5H3/t9-,10+,11-,12+/m0/s1. The quantitative estimate of drug-likeness (QED) is 0.828. The summed E-state index contributed by atoms with van der Waals surface area (Å²) in [5.74, 6) is -0.795. The third kappa shape index (κ3) is 3.19. The fraction of sp³-hybridized carbons (Fsp3) is 0.867. The number of nitriles is 1. The Morgan fingerprint density at radius 1 is 1.32 bits per heavy atom. The van der Waals surface area contributed by atoms with Crippen LogP contribution >= 0.6 is 0 Å². The van der Waals surface area contributed by atoms with E-state index in [0.29, 0.717) is 0 Å². The number of rotatable bonds is 2. The highest BCUT2D eigenvalue weighted by molar-refractivity contribution is 5.70. The van der Waals surface area contributed by atoms with Crippen molar-refractivity contribution in [2.24, 2.45) is 0 Å². The second-order valence-corrected chi connectivity index (χ2v) is 7.13. The van der Waals surface area contributed by atoms with Gasteiger partial charge in [-0.3, -0.25) is 4.90 Å². The van der Waals surface area contributed by atoms with Gasteiger partial charge in [-0.05, 0) is 34.6 Å². The van der Waals surface area contributed by atoms with Crippen LogP contribution < -0.4 is 0 Å². The number of aliphatic hydroxyl groups excluding tert-OH is 1. The Morgan fingerprint density at radius 2 is 1.86 bits per heavy atom. The number of amides is 1. The normalized spacial score (nSPS) is 33.4. The molecule has 0 bridgehead atoms. The van der Waals surface area contributed by atoms with E-state index in [1.165, 1.54) is 4.90 Å². The smallest absolute Gasteiger partial charge is 0.411 e. The summed E-state index contributed by atoms with van der Waals surface area (Å²) in [4.78, 5) is 13.9. The van der Waals surface area contributed by atoms with E-state index in [2.05, 4.69) is 6.07 Å². The zero-order valence-electron chi connectivity index (χ0n) is 13.7. The number of hydrogen-bond donors (Lipinski definition) is 1. The monoisotopic (exact) mass is 312 g/mol. The van der Waals surface area contributed by atoms with Crippen molar-refractivity contribution < 1.29 is 24.1 Å². The molecular weight excluding hydrogens is 288 g/mol. The first-order valence-corrected chi connectivity index (χ1v) is 7.44. The van der Waals surface area contributed by atoms with Crippen LogP contribution in [0.25, 0.3) is 0 Å². The Bertz CT molecular complexity index is 479. The molecule has 0 spiro atoms. The van der Waals surface area contributed by atoms with Crippen molar-refractivity contribution in [2.45, 2.75) is 76.7 Å². The fourth-order valence-electron chi connectivity index (χ4n) is 3.06. The lowest BCUT2D eigenvalue weighted by molar-refractivity contribution is -0.168. The van der Waals surface area contributed by atoms with E-state index in [9.17, 15) is 9.90 Å². The summed E-state index contributed by atoms with van der Waals surface area (Å²) in [6, 6.07) is 0.995. The molecule has 124 valence electrons. The van der Waals surface area contributed by atoms with Crippen molar-refractivity contribution in [3.05, 3.63) is 0 Å². The largest absolute Gasteiger partial charge is 0.444 e. The molecule has 1 amide bonds. The van der Waals surface area contributed by atoms with Gasteiger partial charge in [-0.15, -0.1) is 0 Å². The molecule has 2 fully saturated rings. The lowest BCUT2D eigenvalue weighted by atomic mass is 10.1.